The summed E-state index contributed by atoms with van der Waals surface area (Å²) in [6, 6.07) is 5.98. The van der Waals surface area contributed by atoms with Gasteiger partial charge in [0.2, 0.25) is 5.82 Å². The Morgan fingerprint density at radius 1 is 1.33 bits per heavy atom. The Hall–Kier alpha value is -2.15. The normalized spacial score (nSPS) is 12.2. The maximum Gasteiger partial charge on any atom is 0.212 e. The summed E-state index contributed by atoms with van der Waals surface area (Å²) in [5, 5.41) is 11.7. The zero-order valence-electron chi connectivity index (χ0n) is 12.6. The first kappa shape index (κ1) is 15.2. The van der Waals surface area contributed by atoms with Crippen molar-refractivity contribution in [1.29, 1.82) is 0 Å². The van der Waals surface area contributed by atoms with Crippen molar-refractivity contribution in [2.24, 2.45) is 12.8 Å². The van der Waals surface area contributed by atoms with Crippen molar-refractivity contribution in [3.63, 3.8) is 0 Å². The van der Waals surface area contributed by atoms with Crippen molar-refractivity contribution in [1.82, 2.24) is 20.2 Å². The number of tetrazole rings is 1. The molecule has 1 heterocycles. The second-order valence-corrected chi connectivity index (χ2v) is 4.84. The zero-order chi connectivity index (χ0) is 15.2. The van der Waals surface area contributed by atoms with Gasteiger partial charge in [-0.1, -0.05) is 13.0 Å². The van der Waals surface area contributed by atoms with Crippen LogP contribution in [0.25, 0.3) is 0 Å². The molecule has 0 saturated carbocycles. The lowest BCUT2D eigenvalue weighted by atomic mass is 10.0. The first-order chi connectivity index (χ1) is 10.1. The standard InChI is InChI=1S/C14H21N5O2/c1-4-11(15)7-10-5-6-12(20-3)13(8-10)21-9-14-16-18-19(2)17-14/h5-6,8,11H,4,7,9,15H2,1-3H3. The van der Waals surface area contributed by atoms with Gasteiger partial charge in [-0.05, 0) is 35.8 Å². The summed E-state index contributed by atoms with van der Waals surface area (Å²) in [6.45, 7) is 2.32. The molecule has 0 fully saturated rings. The number of hydrogen-bond acceptors (Lipinski definition) is 6. The number of nitrogens with zero attached hydrogens (tertiary/aromatic N) is 4. The lowest BCUT2D eigenvalue weighted by Crippen LogP contribution is -2.21. The molecule has 2 N–H and O–H groups in total. The molecular formula is C14H21N5O2. The Kier molecular flexibility index (Phi) is 5.10. The van der Waals surface area contributed by atoms with Crippen LogP contribution in [0.15, 0.2) is 18.2 Å². The number of methoxy groups -OCH3 is 1. The number of hydrogen-bond donors (Lipinski definition) is 1. The van der Waals surface area contributed by atoms with Crippen LogP contribution in [0.1, 0.15) is 24.7 Å². The van der Waals surface area contributed by atoms with Crippen LogP contribution in [0.5, 0.6) is 11.5 Å². The summed E-state index contributed by atoms with van der Waals surface area (Å²) in [4.78, 5) is 1.40. The molecule has 0 saturated heterocycles. The zero-order valence-corrected chi connectivity index (χ0v) is 12.6. The Bertz CT molecular complexity index is 584. The van der Waals surface area contributed by atoms with Gasteiger partial charge in [0.25, 0.3) is 0 Å². The summed E-state index contributed by atoms with van der Waals surface area (Å²) in [7, 11) is 3.32. The highest BCUT2D eigenvalue weighted by Gasteiger charge is 2.10. The highest BCUT2D eigenvalue weighted by atomic mass is 16.5. The maximum absolute atomic E-state index is 5.99. The number of rotatable bonds is 7. The number of benzene rings is 1. The molecule has 7 nitrogen and oxygen atoms in total. The van der Waals surface area contributed by atoms with Crippen LogP contribution in [0.3, 0.4) is 0 Å². The monoisotopic (exact) mass is 291 g/mol. The largest absolute Gasteiger partial charge is 0.493 e. The predicted molar refractivity (Wildman–Crippen MR) is 78.1 cm³/mol. The van der Waals surface area contributed by atoms with E-state index >= 15 is 0 Å². The lowest BCUT2D eigenvalue weighted by molar-refractivity contribution is 0.275. The van der Waals surface area contributed by atoms with Crippen LogP contribution in [0, 0.1) is 0 Å². The molecule has 2 rings (SSSR count). The van der Waals surface area contributed by atoms with E-state index < -0.39 is 0 Å². The van der Waals surface area contributed by atoms with Crippen LogP contribution in [0.2, 0.25) is 0 Å². The maximum atomic E-state index is 5.99. The third-order valence-corrected chi connectivity index (χ3v) is 3.16. The molecule has 114 valence electrons. The van der Waals surface area contributed by atoms with Gasteiger partial charge >= 0.3 is 0 Å². The second-order valence-electron chi connectivity index (χ2n) is 4.84. The van der Waals surface area contributed by atoms with E-state index in [1.165, 1.54) is 4.80 Å². The van der Waals surface area contributed by atoms with Crippen LogP contribution >= 0.6 is 0 Å². The fourth-order valence-electron chi connectivity index (χ4n) is 1.93. The minimum Gasteiger partial charge on any atom is -0.493 e. The highest BCUT2D eigenvalue weighted by Crippen LogP contribution is 2.29. The van der Waals surface area contributed by atoms with Crippen LogP contribution < -0.4 is 15.2 Å². The highest BCUT2D eigenvalue weighted by molar-refractivity contribution is 5.43. The molecular weight excluding hydrogens is 270 g/mol. The molecule has 0 bridgehead atoms. The average molecular weight is 291 g/mol. The SMILES string of the molecule is CCC(N)Cc1ccc(OC)c(OCc2nnn(C)n2)c1. The summed E-state index contributed by atoms with van der Waals surface area (Å²) in [5.41, 5.74) is 7.11. The van der Waals surface area contributed by atoms with E-state index in [9.17, 15) is 0 Å². The Labute approximate surface area is 124 Å². The van der Waals surface area contributed by atoms with Crippen molar-refractivity contribution in [3.05, 3.63) is 29.6 Å². The molecule has 1 aromatic heterocycles. The molecule has 1 aromatic carbocycles. The van der Waals surface area contributed by atoms with E-state index in [-0.39, 0.29) is 12.6 Å². The Morgan fingerprint density at radius 2 is 2.14 bits per heavy atom. The van der Waals surface area contributed by atoms with Gasteiger partial charge in [0, 0.05) is 6.04 Å². The minimum absolute atomic E-state index is 0.146. The molecule has 0 aliphatic rings. The molecule has 1 atom stereocenters. The fourth-order valence-corrected chi connectivity index (χ4v) is 1.93. The summed E-state index contributed by atoms with van der Waals surface area (Å²) in [5.74, 6) is 1.86. The number of aromatic nitrogens is 4. The first-order valence-corrected chi connectivity index (χ1v) is 6.90. The number of aryl methyl sites for hydroxylation is 1. The average Bonchev–Trinajstić information content (AvgIpc) is 2.90. The van der Waals surface area contributed by atoms with E-state index in [1.807, 2.05) is 18.2 Å². The Morgan fingerprint density at radius 3 is 2.76 bits per heavy atom. The van der Waals surface area contributed by atoms with Crippen LogP contribution in [0.4, 0.5) is 0 Å². The van der Waals surface area contributed by atoms with Crippen LogP contribution in [-0.4, -0.2) is 33.4 Å². The van der Waals surface area contributed by atoms with Crippen molar-refractivity contribution in [2.45, 2.75) is 32.4 Å². The van der Waals surface area contributed by atoms with Gasteiger partial charge < -0.3 is 15.2 Å². The van der Waals surface area contributed by atoms with Crippen molar-refractivity contribution < 1.29 is 9.47 Å². The number of nitrogens with two attached hydrogens (primary N) is 1. The van der Waals surface area contributed by atoms with Crippen LogP contribution in [-0.2, 0) is 20.1 Å². The smallest absolute Gasteiger partial charge is 0.212 e. The van der Waals surface area contributed by atoms with E-state index in [2.05, 4.69) is 22.3 Å². The molecule has 1 unspecified atom stereocenters. The predicted octanol–water partition coefficient (Wildman–Crippen LogP) is 1.08. The second kappa shape index (κ2) is 7.03. The van der Waals surface area contributed by atoms with E-state index in [1.54, 1.807) is 14.2 Å². The fraction of sp³-hybridized carbons (Fsp3) is 0.500. The van der Waals surface area contributed by atoms with Gasteiger partial charge in [-0.2, -0.15) is 4.80 Å². The minimum atomic E-state index is 0.146. The molecule has 0 aliphatic heterocycles. The molecule has 2 aromatic rings. The van der Waals surface area contributed by atoms with Crippen molar-refractivity contribution in [3.8, 4) is 11.5 Å². The molecule has 0 radical (unpaired) electrons. The quantitative estimate of drug-likeness (QED) is 0.821. The van der Waals surface area contributed by atoms with Gasteiger partial charge in [0.05, 0.1) is 14.2 Å². The molecule has 7 heteroatoms. The summed E-state index contributed by atoms with van der Waals surface area (Å²) < 4.78 is 11.0. The third kappa shape index (κ3) is 4.16. The van der Waals surface area contributed by atoms with E-state index in [0.29, 0.717) is 17.3 Å². The van der Waals surface area contributed by atoms with Crippen molar-refractivity contribution >= 4 is 0 Å². The summed E-state index contributed by atoms with van der Waals surface area (Å²) in [6.07, 6.45) is 1.74. The van der Waals surface area contributed by atoms with Crippen molar-refractivity contribution in [2.75, 3.05) is 7.11 Å². The molecule has 0 aliphatic carbocycles. The molecule has 0 spiro atoms. The summed E-state index contributed by atoms with van der Waals surface area (Å²) >= 11 is 0. The van der Waals surface area contributed by atoms with E-state index in [0.717, 1.165) is 18.4 Å². The van der Waals surface area contributed by atoms with Gasteiger partial charge in [-0.15, -0.1) is 10.2 Å². The Balaban J connectivity index is 2.09. The van der Waals surface area contributed by atoms with Gasteiger partial charge in [0.1, 0.15) is 0 Å². The lowest BCUT2D eigenvalue weighted by Gasteiger charge is -2.13. The molecule has 0 amide bonds. The van der Waals surface area contributed by atoms with Gasteiger partial charge in [-0.25, -0.2) is 0 Å². The first-order valence-electron chi connectivity index (χ1n) is 6.90. The van der Waals surface area contributed by atoms with Gasteiger partial charge in [-0.3, -0.25) is 0 Å². The third-order valence-electron chi connectivity index (χ3n) is 3.16. The topological polar surface area (TPSA) is 88.1 Å². The number of ether oxygens (including phenoxy) is 2. The van der Waals surface area contributed by atoms with Gasteiger partial charge in [0.15, 0.2) is 18.1 Å². The van der Waals surface area contributed by atoms with E-state index in [4.69, 9.17) is 15.2 Å². The molecule has 21 heavy (non-hydrogen) atoms.